The first-order valence-electron chi connectivity index (χ1n) is 6.71. The minimum atomic E-state index is -0.788. The van der Waals surface area contributed by atoms with Crippen molar-refractivity contribution in [2.75, 3.05) is 32.1 Å². The lowest BCUT2D eigenvalue weighted by molar-refractivity contribution is -0.127. The number of halogens is 1. The van der Waals surface area contributed by atoms with Crippen molar-refractivity contribution < 1.29 is 14.3 Å². The summed E-state index contributed by atoms with van der Waals surface area (Å²) in [6.07, 6.45) is -0.788. The van der Waals surface area contributed by atoms with Crippen molar-refractivity contribution in [3.8, 4) is 0 Å². The zero-order valence-corrected chi connectivity index (χ0v) is 12.8. The molecule has 20 heavy (non-hydrogen) atoms. The van der Waals surface area contributed by atoms with Crippen LogP contribution in [0.25, 0.3) is 0 Å². The number of benzene rings is 1. The molecule has 112 valence electrons. The van der Waals surface area contributed by atoms with Gasteiger partial charge in [0.05, 0.1) is 12.6 Å². The molecule has 0 aliphatic heterocycles. The molecular weight excluding hydrogens is 259 g/mol. The van der Waals surface area contributed by atoms with Gasteiger partial charge in [0, 0.05) is 31.9 Å². The number of hydrogen-bond donors (Lipinski definition) is 1. The third-order valence-corrected chi connectivity index (χ3v) is 3.31. The van der Waals surface area contributed by atoms with Gasteiger partial charge in [0.15, 0.2) is 0 Å². The number of carbonyl (C=O) groups is 1. The molecule has 1 amide bonds. The molecule has 1 aromatic rings. The van der Waals surface area contributed by atoms with Crippen molar-refractivity contribution >= 4 is 11.6 Å². The van der Waals surface area contributed by atoms with Crippen LogP contribution in [0.4, 0.5) is 10.1 Å². The summed E-state index contributed by atoms with van der Waals surface area (Å²) in [7, 11) is 3.39. The Morgan fingerprint density at radius 1 is 1.40 bits per heavy atom. The quantitative estimate of drug-likeness (QED) is 0.899. The number of aliphatic hydroxyl groups excluding tert-OH is 1. The van der Waals surface area contributed by atoms with Crippen molar-refractivity contribution in [2.24, 2.45) is 0 Å². The molecule has 0 spiro atoms. The second kappa shape index (κ2) is 6.70. The number of amides is 1. The normalized spacial score (nSPS) is 12.2. The van der Waals surface area contributed by atoms with E-state index < -0.39 is 6.10 Å². The lowest BCUT2D eigenvalue weighted by Gasteiger charge is -2.28. The molecule has 0 unspecified atom stereocenters. The number of nitrogens with zero attached hydrogens (tertiary/aromatic N) is 2. The highest BCUT2D eigenvalue weighted by Gasteiger charge is 2.18. The highest BCUT2D eigenvalue weighted by atomic mass is 19.1. The third kappa shape index (κ3) is 3.70. The van der Waals surface area contributed by atoms with Crippen LogP contribution in [0.2, 0.25) is 0 Å². The van der Waals surface area contributed by atoms with Crippen LogP contribution in [0.15, 0.2) is 12.1 Å². The summed E-state index contributed by atoms with van der Waals surface area (Å²) in [5.41, 5.74) is 1.71. The Kier molecular flexibility index (Phi) is 5.51. The SMILES string of the molecule is CCN(CC(=O)N(C)C)c1cc(C)c(F)cc1[C@H](C)O. The molecule has 1 rings (SSSR count). The van der Waals surface area contributed by atoms with Crippen molar-refractivity contribution in [2.45, 2.75) is 26.9 Å². The second-order valence-corrected chi connectivity index (χ2v) is 5.14. The topological polar surface area (TPSA) is 43.8 Å². The molecular formula is C15H23FN2O2. The van der Waals surface area contributed by atoms with Gasteiger partial charge in [0.25, 0.3) is 0 Å². The van der Waals surface area contributed by atoms with E-state index in [-0.39, 0.29) is 18.3 Å². The Morgan fingerprint density at radius 3 is 2.45 bits per heavy atom. The molecule has 0 aliphatic carbocycles. The summed E-state index contributed by atoms with van der Waals surface area (Å²) in [6, 6.07) is 3.03. The number of aryl methyl sites for hydroxylation is 1. The van der Waals surface area contributed by atoms with Gasteiger partial charge in [-0.05, 0) is 38.5 Å². The summed E-state index contributed by atoms with van der Waals surface area (Å²) in [5.74, 6) is -0.384. The molecule has 0 aliphatic rings. The molecule has 0 saturated heterocycles. The maximum Gasteiger partial charge on any atom is 0.241 e. The van der Waals surface area contributed by atoms with Gasteiger partial charge in [-0.25, -0.2) is 4.39 Å². The van der Waals surface area contributed by atoms with Gasteiger partial charge >= 0.3 is 0 Å². The number of carbonyl (C=O) groups excluding carboxylic acids is 1. The Morgan fingerprint density at radius 2 is 2.00 bits per heavy atom. The van der Waals surface area contributed by atoms with Gasteiger partial charge in [-0.3, -0.25) is 4.79 Å². The van der Waals surface area contributed by atoms with Gasteiger partial charge < -0.3 is 14.9 Å². The van der Waals surface area contributed by atoms with Crippen LogP contribution in [-0.4, -0.2) is 43.1 Å². The molecule has 0 aromatic heterocycles. The average Bonchev–Trinajstić information content (AvgIpc) is 2.38. The van der Waals surface area contributed by atoms with Crippen LogP contribution in [0.1, 0.15) is 31.1 Å². The Hall–Kier alpha value is -1.62. The highest BCUT2D eigenvalue weighted by Crippen LogP contribution is 2.29. The fraction of sp³-hybridized carbons (Fsp3) is 0.533. The number of aliphatic hydroxyl groups is 1. The zero-order chi connectivity index (χ0) is 15.4. The van der Waals surface area contributed by atoms with Gasteiger partial charge in [0.1, 0.15) is 5.82 Å². The van der Waals surface area contributed by atoms with Gasteiger partial charge in [0.2, 0.25) is 5.91 Å². The van der Waals surface area contributed by atoms with E-state index in [1.807, 2.05) is 11.8 Å². The van der Waals surface area contributed by atoms with Gasteiger partial charge in [-0.15, -0.1) is 0 Å². The fourth-order valence-corrected chi connectivity index (χ4v) is 1.96. The van der Waals surface area contributed by atoms with Crippen LogP contribution in [0.5, 0.6) is 0 Å². The van der Waals surface area contributed by atoms with Crippen LogP contribution in [-0.2, 0) is 4.79 Å². The van der Waals surface area contributed by atoms with Crippen molar-refractivity contribution in [3.05, 3.63) is 29.1 Å². The molecule has 0 saturated carbocycles. The number of anilines is 1. The van der Waals surface area contributed by atoms with Crippen LogP contribution in [0, 0.1) is 12.7 Å². The first kappa shape index (κ1) is 16.4. The van der Waals surface area contributed by atoms with E-state index in [4.69, 9.17) is 0 Å². The average molecular weight is 282 g/mol. The van der Waals surface area contributed by atoms with Gasteiger partial charge in [-0.1, -0.05) is 0 Å². The highest BCUT2D eigenvalue weighted by molar-refractivity contribution is 5.81. The standard InChI is InChI=1S/C15H23FN2O2/c1-6-18(9-15(20)17(4)5)14-7-10(2)13(16)8-12(14)11(3)19/h7-8,11,19H,6,9H2,1-5H3/t11-/m0/s1. The van der Waals surface area contributed by atoms with Crippen LogP contribution in [0.3, 0.4) is 0 Å². The number of likely N-dealkylation sites (N-methyl/N-ethyl adjacent to an activating group) is 2. The monoisotopic (exact) mass is 282 g/mol. The predicted octanol–water partition coefficient (Wildman–Crippen LogP) is 2.10. The van der Waals surface area contributed by atoms with Crippen LogP contribution < -0.4 is 4.90 Å². The lowest BCUT2D eigenvalue weighted by atomic mass is 10.0. The maximum absolute atomic E-state index is 13.7. The smallest absolute Gasteiger partial charge is 0.241 e. The third-order valence-electron chi connectivity index (χ3n) is 3.31. The summed E-state index contributed by atoms with van der Waals surface area (Å²) in [5, 5.41) is 9.82. The van der Waals surface area contributed by atoms with Gasteiger partial charge in [-0.2, -0.15) is 0 Å². The van der Waals surface area contributed by atoms with Crippen molar-refractivity contribution in [1.29, 1.82) is 0 Å². The molecule has 0 heterocycles. The number of rotatable bonds is 5. The predicted molar refractivity (Wildman–Crippen MR) is 78.4 cm³/mol. The first-order valence-corrected chi connectivity index (χ1v) is 6.71. The molecule has 1 atom stereocenters. The lowest BCUT2D eigenvalue weighted by Crippen LogP contribution is -2.37. The summed E-state index contributed by atoms with van der Waals surface area (Å²) < 4.78 is 13.7. The molecule has 1 aromatic carbocycles. The summed E-state index contributed by atoms with van der Waals surface area (Å²) in [4.78, 5) is 15.2. The number of hydrogen-bond acceptors (Lipinski definition) is 3. The van der Waals surface area contributed by atoms with Crippen molar-refractivity contribution in [1.82, 2.24) is 4.90 Å². The van der Waals surface area contributed by atoms with E-state index in [9.17, 15) is 14.3 Å². The summed E-state index contributed by atoms with van der Waals surface area (Å²) >= 11 is 0. The molecule has 0 radical (unpaired) electrons. The fourth-order valence-electron chi connectivity index (χ4n) is 1.96. The van der Waals surface area contributed by atoms with E-state index in [1.165, 1.54) is 11.0 Å². The second-order valence-electron chi connectivity index (χ2n) is 5.14. The minimum absolute atomic E-state index is 0.0367. The first-order chi connectivity index (χ1) is 9.27. The molecule has 0 bridgehead atoms. The maximum atomic E-state index is 13.7. The minimum Gasteiger partial charge on any atom is -0.389 e. The molecule has 5 heteroatoms. The molecule has 1 N–H and O–H groups in total. The molecule has 4 nitrogen and oxygen atoms in total. The zero-order valence-electron chi connectivity index (χ0n) is 12.8. The van der Waals surface area contributed by atoms with E-state index >= 15 is 0 Å². The Bertz CT molecular complexity index is 487. The Balaban J connectivity index is 3.20. The Labute approximate surface area is 119 Å². The van der Waals surface area contributed by atoms with Crippen molar-refractivity contribution in [3.63, 3.8) is 0 Å². The molecule has 0 fully saturated rings. The van der Waals surface area contributed by atoms with E-state index in [0.29, 0.717) is 23.4 Å². The van der Waals surface area contributed by atoms with E-state index in [0.717, 1.165) is 0 Å². The van der Waals surface area contributed by atoms with E-state index in [2.05, 4.69) is 0 Å². The van der Waals surface area contributed by atoms with Crippen LogP contribution >= 0.6 is 0 Å². The largest absolute Gasteiger partial charge is 0.389 e. The summed E-state index contributed by atoms with van der Waals surface area (Å²) in [6.45, 7) is 5.99. The van der Waals surface area contributed by atoms with E-state index in [1.54, 1.807) is 34.0 Å².